The van der Waals surface area contributed by atoms with Gasteiger partial charge in [0.2, 0.25) is 0 Å². The van der Waals surface area contributed by atoms with Crippen LogP contribution in [0.3, 0.4) is 0 Å². The first-order chi connectivity index (χ1) is 8.40. The highest BCUT2D eigenvalue weighted by Gasteiger charge is 2.55. The summed E-state index contributed by atoms with van der Waals surface area (Å²) in [4.78, 5) is 36.6. The second-order valence-electron chi connectivity index (χ2n) is 3.66. The normalized spacial score (nSPS) is 19.9. The van der Waals surface area contributed by atoms with Crippen LogP contribution in [0.5, 0.6) is 0 Å². The molecular weight excluding hydrogens is 262 g/mol. The minimum absolute atomic E-state index is 0.109. The summed E-state index contributed by atoms with van der Waals surface area (Å²) in [6, 6.07) is 0. The van der Waals surface area contributed by atoms with E-state index in [9.17, 15) is 19.6 Å². The van der Waals surface area contributed by atoms with Crippen molar-refractivity contribution in [1.29, 1.82) is 0 Å². The number of quaternary nitrogens is 1. The Morgan fingerprint density at radius 1 is 1.44 bits per heavy atom. The van der Waals surface area contributed by atoms with Crippen LogP contribution in [0.4, 0.5) is 0 Å². The molecule has 18 heavy (non-hydrogen) atoms. The Labute approximate surface area is 109 Å². The van der Waals surface area contributed by atoms with Crippen molar-refractivity contribution in [1.82, 2.24) is 0 Å². The molecule has 1 fully saturated rings. The number of thioether (sulfide) groups is 1. The Morgan fingerprint density at radius 2 is 2.00 bits per heavy atom. The van der Waals surface area contributed by atoms with Crippen molar-refractivity contribution in [2.75, 3.05) is 12.4 Å². The van der Waals surface area contributed by atoms with Crippen molar-refractivity contribution in [3.63, 3.8) is 0 Å². The molecule has 7 nitrogen and oxygen atoms in total. The first-order valence-electron chi connectivity index (χ1n) is 5.54. The molecule has 0 radical (unpaired) electrons. The predicted molar refractivity (Wildman–Crippen MR) is 60.9 cm³/mol. The van der Waals surface area contributed by atoms with Crippen molar-refractivity contribution < 1.29 is 34.0 Å². The number of nitrogens with zero attached hydrogens (tertiary/aromatic N) is 1. The highest BCUT2D eigenvalue weighted by atomic mass is 32.2. The summed E-state index contributed by atoms with van der Waals surface area (Å²) >= 11 is 1.15. The molecule has 0 aromatic heterocycles. The topological polar surface area (TPSA) is 89.9 Å². The lowest BCUT2D eigenvalue weighted by Gasteiger charge is -2.16. The molecule has 0 unspecified atom stereocenters. The van der Waals surface area contributed by atoms with Gasteiger partial charge < -0.3 is 4.74 Å². The van der Waals surface area contributed by atoms with Crippen molar-refractivity contribution >= 4 is 29.5 Å². The van der Waals surface area contributed by atoms with E-state index in [-0.39, 0.29) is 24.0 Å². The highest BCUT2D eigenvalue weighted by molar-refractivity contribution is 8.00. The molecule has 1 N–H and O–H groups in total. The molecule has 102 valence electrons. The summed E-state index contributed by atoms with van der Waals surface area (Å²) in [6.07, 6.45) is -0.240. The number of rotatable bonds is 6. The monoisotopic (exact) mass is 278 g/mol. The number of carbonyl (C=O) groups is 3. The quantitative estimate of drug-likeness (QED) is 0.329. The molecule has 0 aliphatic carbocycles. The van der Waals surface area contributed by atoms with Gasteiger partial charge in [0.15, 0.2) is 0 Å². The zero-order valence-electron chi connectivity index (χ0n) is 10.2. The van der Waals surface area contributed by atoms with Crippen LogP contribution in [0, 0.1) is 0 Å². The third-order valence-corrected chi connectivity index (χ3v) is 3.31. The van der Waals surface area contributed by atoms with Gasteiger partial charge in [0.05, 0.1) is 12.8 Å². The van der Waals surface area contributed by atoms with Crippen LogP contribution < -0.4 is 0 Å². The fourth-order valence-corrected chi connectivity index (χ4v) is 2.06. The molecule has 0 bridgehead atoms. The lowest BCUT2D eigenvalue weighted by atomic mass is 10.4. The van der Waals surface area contributed by atoms with Gasteiger partial charge in [0.1, 0.15) is 16.0 Å². The minimum atomic E-state index is -1.86. The number of amides is 2. The molecule has 1 aliphatic rings. The van der Waals surface area contributed by atoms with Gasteiger partial charge in [-0.1, -0.05) is 0 Å². The molecule has 1 heterocycles. The SMILES string of the molecule is CCO[C@H](C)SCC(=O)O[N+]1(O)C(=O)CCC1=O. The van der Waals surface area contributed by atoms with E-state index in [0.29, 0.717) is 6.61 Å². The summed E-state index contributed by atoms with van der Waals surface area (Å²) in [5.41, 5.74) is -0.209. The van der Waals surface area contributed by atoms with Crippen molar-refractivity contribution in [3.8, 4) is 0 Å². The molecule has 2 amide bonds. The van der Waals surface area contributed by atoms with E-state index in [2.05, 4.69) is 4.84 Å². The average molecular weight is 278 g/mol. The van der Waals surface area contributed by atoms with Crippen LogP contribution in [0.15, 0.2) is 0 Å². The van der Waals surface area contributed by atoms with Gasteiger partial charge in [-0.15, -0.1) is 11.8 Å². The number of carbonyl (C=O) groups excluding carboxylic acids is 3. The molecule has 0 aromatic carbocycles. The van der Waals surface area contributed by atoms with Gasteiger partial charge in [-0.2, -0.15) is 5.21 Å². The van der Waals surface area contributed by atoms with E-state index in [1.807, 2.05) is 6.92 Å². The third-order valence-electron chi connectivity index (χ3n) is 2.30. The summed E-state index contributed by atoms with van der Waals surface area (Å²) in [5, 5.41) is 9.62. The zero-order chi connectivity index (χ0) is 13.8. The van der Waals surface area contributed by atoms with Gasteiger partial charge >= 0.3 is 17.8 Å². The van der Waals surface area contributed by atoms with E-state index in [1.54, 1.807) is 6.92 Å². The first kappa shape index (κ1) is 15.1. The molecule has 1 atom stereocenters. The molecule has 0 spiro atoms. The summed E-state index contributed by atoms with van der Waals surface area (Å²) < 4.78 is 5.18. The Morgan fingerprint density at radius 3 is 2.50 bits per heavy atom. The van der Waals surface area contributed by atoms with Crippen molar-refractivity contribution in [2.45, 2.75) is 32.1 Å². The fourth-order valence-electron chi connectivity index (χ4n) is 1.40. The van der Waals surface area contributed by atoms with Gasteiger partial charge in [-0.25, -0.2) is 19.2 Å². The Kier molecular flexibility index (Phi) is 5.27. The summed E-state index contributed by atoms with van der Waals surface area (Å²) in [5.74, 6) is -2.59. The first-order valence-corrected chi connectivity index (χ1v) is 6.59. The van der Waals surface area contributed by atoms with E-state index in [1.165, 1.54) is 0 Å². The van der Waals surface area contributed by atoms with Crippen molar-refractivity contribution in [2.24, 2.45) is 0 Å². The molecule has 8 heteroatoms. The Hall–Kier alpha value is -0.960. The number of hydrogen-bond donors (Lipinski definition) is 1. The molecule has 1 rings (SSSR count). The molecule has 0 saturated carbocycles. The standard InChI is InChI=1S/C10H16NO6S/c1-3-16-7(2)18-6-10(14)17-11(15)8(12)4-5-9(11)13/h7,15H,3-6H2,1-2H3/q+1/t7-/m0/s1. The zero-order valence-corrected chi connectivity index (χ0v) is 11.1. The lowest BCUT2D eigenvalue weighted by molar-refractivity contribution is -1.12. The van der Waals surface area contributed by atoms with Crippen LogP contribution in [0.1, 0.15) is 26.7 Å². The number of imide groups is 1. The van der Waals surface area contributed by atoms with E-state index >= 15 is 0 Å². The van der Waals surface area contributed by atoms with Crippen molar-refractivity contribution in [3.05, 3.63) is 0 Å². The Bertz CT molecular complexity index is 342. The second-order valence-corrected chi connectivity index (χ2v) is 4.95. The Balaban J connectivity index is 2.45. The van der Waals surface area contributed by atoms with Crippen LogP contribution >= 0.6 is 11.8 Å². The van der Waals surface area contributed by atoms with Crippen LogP contribution in [0.2, 0.25) is 0 Å². The number of ether oxygens (including phenoxy) is 1. The van der Waals surface area contributed by atoms with Gasteiger partial charge in [-0.05, 0) is 13.8 Å². The van der Waals surface area contributed by atoms with E-state index < -0.39 is 22.6 Å². The number of hydroxylamine groups is 4. The summed E-state index contributed by atoms with van der Waals surface area (Å²) in [6.45, 7) is 4.10. The van der Waals surface area contributed by atoms with Crippen LogP contribution in [-0.4, -0.2) is 45.6 Å². The molecule has 1 aliphatic heterocycles. The largest absolute Gasteiger partial charge is 0.397 e. The summed E-state index contributed by atoms with van der Waals surface area (Å²) in [7, 11) is 0. The van der Waals surface area contributed by atoms with E-state index in [4.69, 9.17) is 4.74 Å². The fraction of sp³-hybridized carbons (Fsp3) is 0.700. The van der Waals surface area contributed by atoms with Gasteiger partial charge in [-0.3, -0.25) is 0 Å². The average Bonchev–Trinajstić information content (AvgIpc) is 2.55. The lowest BCUT2D eigenvalue weighted by Crippen LogP contribution is -2.50. The molecule has 1 saturated heterocycles. The minimum Gasteiger partial charge on any atom is -0.368 e. The highest BCUT2D eigenvalue weighted by Crippen LogP contribution is 2.21. The van der Waals surface area contributed by atoms with Gasteiger partial charge in [0, 0.05) is 6.61 Å². The number of hydrogen-bond acceptors (Lipinski definition) is 7. The molecule has 0 aromatic rings. The second kappa shape index (κ2) is 6.28. The van der Waals surface area contributed by atoms with Crippen LogP contribution in [-0.2, 0) is 24.0 Å². The maximum Gasteiger partial charge on any atom is 0.397 e. The molecular formula is C10H16NO6S+. The smallest absolute Gasteiger partial charge is 0.368 e. The third kappa shape index (κ3) is 3.52. The van der Waals surface area contributed by atoms with Gasteiger partial charge in [0.25, 0.3) is 0 Å². The maximum atomic E-state index is 11.4. The van der Waals surface area contributed by atoms with Crippen LogP contribution in [0.25, 0.3) is 0 Å². The van der Waals surface area contributed by atoms with E-state index in [0.717, 1.165) is 11.8 Å². The maximum absolute atomic E-state index is 11.4. The predicted octanol–water partition coefficient (Wildman–Crippen LogP) is 0.613.